The fourth-order valence-electron chi connectivity index (χ4n) is 5.78. The Morgan fingerprint density at radius 2 is 1.47 bits per heavy atom. The first-order chi connectivity index (χ1) is 20.0. The van der Waals surface area contributed by atoms with Gasteiger partial charge in [0.25, 0.3) is 0 Å². The van der Waals surface area contributed by atoms with Crippen LogP contribution in [0.25, 0.3) is 0 Å². The van der Waals surface area contributed by atoms with Crippen LogP contribution in [0.15, 0.2) is 48.5 Å². The van der Waals surface area contributed by atoms with E-state index in [9.17, 15) is 35.9 Å². The Balaban J connectivity index is 1.73. The minimum Gasteiger partial charge on any atom is -0.453 e. The molecule has 3 atom stereocenters. The van der Waals surface area contributed by atoms with Crippen molar-refractivity contribution in [3.8, 4) is 0 Å². The van der Waals surface area contributed by atoms with E-state index < -0.39 is 59.9 Å². The molecule has 1 aliphatic carbocycles. The van der Waals surface area contributed by atoms with Gasteiger partial charge in [-0.2, -0.15) is 26.3 Å². The summed E-state index contributed by atoms with van der Waals surface area (Å²) in [6, 6.07) is 9.26. The molecule has 236 valence electrons. The van der Waals surface area contributed by atoms with E-state index in [1.807, 2.05) is 30.3 Å². The summed E-state index contributed by atoms with van der Waals surface area (Å²) in [7, 11) is 1.11. The number of benzene rings is 2. The molecule has 2 aromatic rings. The molecule has 2 amide bonds. The Morgan fingerprint density at radius 3 is 1.95 bits per heavy atom. The summed E-state index contributed by atoms with van der Waals surface area (Å²) >= 11 is 0. The number of alkyl halides is 6. The van der Waals surface area contributed by atoms with Gasteiger partial charge in [-0.05, 0) is 88.1 Å². The average Bonchev–Trinajstić information content (AvgIpc) is 3.75. The Labute approximate surface area is 246 Å². The van der Waals surface area contributed by atoms with Crippen molar-refractivity contribution < 1.29 is 45.4 Å². The van der Waals surface area contributed by atoms with Gasteiger partial charge in [0.2, 0.25) is 0 Å². The maximum Gasteiger partial charge on any atom is 0.416 e. The van der Waals surface area contributed by atoms with Gasteiger partial charge in [-0.25, -0.2) is 9.59 Å². The second-order valence-corrected chi connectivity index (χ2v) is 12.3. The summed E-state index contributed by atoms with van der Waals surface area (Å²) < 4.78 is 92.2. The highest BCUT2D eigenvalue weighted by Gasteiger charge is 2.48. The summed E-state index contributed by atoms with van der Waals surface area (Å²) in [5.41, 5.74) is -3.09. The van der Waals surface area contributed by atoms with Crippen molar-refractivity contribution in [3.63, 3.8) is 0 Å². The predicted molar refractivity (Wildman–Crippen MR) is 146 cm³/mol. The number of likely N-dealkylation sites (tertiary alicyclic amines) is 1. The normalized spacial score (nSPS) is 21.3. The van der Waals surface area contributed by atoms with E-state index >= 15 is 0 Å². The molecule has 0 radical (unpaired) electrons. The van der Waals surface area contributed by atoms with Gasteiger partial charge >= 0.3 is 24.5 Å². The fraction of sp³-hybridized carbons (Fsp3) is 0.548. The molecular formula is C31H36F6N2O4. The van der Waals surface area contributed by atoms with Crippen molar-refractivity contribution in [1.29, 1.82) is 0 Å². The molecule has 1 saturated heterocycles. The lowest BCUT2D eigenvalue weighted by molar-refractivity contribution is -0.143. The summed E-state index contributed by atoms with van der Waals surface area (Å²) in [6.45, 7) is 4.75. The number of hydrogen-bond donors (Lipinski definition) is 0. The van der Waals surface area contributed by atoms with Crippen molar-refractivity contribution in [2.24, 2.45) is 5.92 Å². The molecule has 4 rings (SSSR count). The lowest BCUT2D eigenvalue weighted by atomic mass is 9.85. The summed E-state index contributed by atoms with van der Waals surface area (Å²) in [5, 5.41) is 0. The number of hydrogen-bond acceptors (Lipinski definition) is 4. The zero-order valence-electron chi connectivity index (χ0n) is 24.5. The summed E-state index contributed by atoms with van der Waals surface area (Å²) in [4.78, 5) is 29.6. The van der Waals surface area contributed by atoms with Crippen LogP contribution in [0, 0.1) is 5.92 Å². The highest BCUT2D eigenvalue weighted by atomic mass is 19.4. The van der Waals surface area contributed by atoms with Gasteiger partial charge in [0.1, 0.15) is 5.60 Å². The van der Waals surface area contributed by atoms with E-state index in [2.05, 4.69) is 0 Å². The molecular weight excluding hydrogens is 578 g/mol. The molecule has 2 fully saturated rings. The quantitative estimate of drug-likeness (QED) is 0.309. The van der Waals surface area contributed by atoms with E-state index in [0.29, 0.717) is 18.6 Å². The molecule has 6 nitrogen and oxygen atoms in total. The van der Waals surface area contributed by atoms with Crippen molar-refractivity contribution >= 4 is 12.2 Å². The second-order valence-electron chi connectivity index (χ2n) is 12.3. The molecule has 1 aliphatic heterocycles. The van der Waals surface area contributed by atoms with E-state index in [1.54, 1.807) is 25.7 Å². The van der Waals surface area contributed by atoms with Crippen molar-refractivity contribution in [3.05, 3.63) is 70.8 Å². The van der Waals surface area contributed by atoms with Crippen LogP contribution in [-0.2, 0) is 34.8 Å². The van der Waals surface area contributed by atoms with E-state index in [4.69, 9.17) is 9.47 Å². The lowest BCUT2D eigenvalue weighted by Crippen LogP contribution is -2.59. The SMILES string of the molecule is COC(=O)N(Cc1cc(C(F)(F)F)cc(C(F)(F)F)c1)C1CC(Cc2ccccc2)N(C(=O)OC(C)(C)C)C(C2CC2)C1. The van der Waals surface area contributed by atoms with E-state index in [-0.39, 0.29) is 36.4 Å². The third kappa shape index (κ3) is 8.35. The van der Waals surface area contributed by atoms with Crippen LogP contribution in [0.4, 0.5) is 35.9 Å². The first-order valence-electron chi connectivity index (χ1n) is 14.1. The number of halogens is 6. The standard InChI is InChI=1S/C31H36F6N2O4/c1-29(2,3)43-28(41)39-25(14-19-8-6-5-7-9-19)16-24(17-26(39)21-10-11-21)38(27(40)42-4)18-20-12-22(30(32,33)34)15-23(13-20)31(35,36)37/h5-9,12-13,15,21,24-26H,10-11,14,16-18H2,1-4H3. The Hall–Kier alpha value is -3.44. The van der Waals surface area contributed by atoms with Gasteiger partial charge < -0.3 is 19.3 Å². The molecule has 2 aliphatic rings. The van der Waals surface area contributed by atoms with Gasteiger partial charge in [-0.1, -0.05) is 30.3 Å². The average molecular weight is 615 g/mol. The largest absolute Gasteiger partial charge is 0.453 e. The predicted octanol–water partition coefficient (Wildman–Crippen LogP) is 8.08. The van der Waals surface area contributed by atoms with E-state index in [1.165, 1.54) is 4.90 Å². The fourth-order valence-corrected chi connectivity index (χ4v) is 5.78. The third-order valence-corrected chi connectivity index (χ3v) is 7.74. The number of ether oxygens (including phenoxy) is 2. The molecule has 0 N–H and O–H groups in total. The van der Waals surface area contributed by atoms with Crippen LogP contribution in [0.5, 0.6) is 0 Å². The van der Waals surface area contributed by atoms with Gasteiger partial charge in [0.15, 0.2) is 0 Å². The molecule has 1 saturated carbocycles. The zero-order valence-corrected chi connectivity index (χ0v) is 24.5. The number of carbonyl (C=O) groups is 2. The van der Waals surface area contributed by atoms with Gasteiger partial charge in [0.05, 0.1) is 18.2 Å². The number of methoxy groups -OCH3 is 1. The maximum atomic E-state index is 13.6. The third-order valence-electron chi connectivity index (χ3n) is 7.74. The number of piperidine rings is 1. The highest BCUT2D eigenvalue weighted by Crippen LogP contribution is 2.44. The van der Waals surface area contributed by atoms with Crippen LogP contribution < -0.4 is 0 Å². The van der Waals surface area contributed by atoms with Crippen LogP contribution in [0.3, 0.4) is 0 Å². The van der Waals surface area contributed by atoms with Crippen molar-refractivity contribution in [1.82, 2.24) is 9.80 Å². The van der Waals surface area contributed by atoms with Crippen LogP contribution in [0.2, 0.25) is 0 Å². The number of amides is 2. The monoisotopic (exact) mass is 614 g/mol. The van der Waals surface area contributed by atoms with Gasteiger partial charge in [0, 0.05) is 24.7 Å². The maximum absolute atomic E-state index is 13.6. The lowest BCUT2D eigenvalue weighted by Gasteiger charge is -2.48. The van der Waals surface area contributed by atoms with Crippen LogP contribution in [0.1, 0.15) is 68.7 Å². The Kier molecular flexibility index (Phi) is 9.27. The second kappa shape index (κ2) is 12.3. The molecule has 3 unspecified atom stereocenters. The molecule has 43 heavy (non-hydrogen) atoms. The number of nitrogens with zero attached hydrogens (tertiary/aromatic N) is 2. The smallest absolute Gasteiger partial charge is 0.416 e. The number of rotatable bonds is 6. The van der Waals surface area contributed by atoms with Gasteiger partial charge in [-0.15, -0.1) is 0 Å². The van der Waals surface area contributed by atoms with Crippen molar-refractivity contribution in [2.75, 3.05) is 7.11 Å². The Bertz CT molecular complexity index is 1260. The first kappa shape index (κ1) is 32.5. The van der Waals surface area contributed by atoms with E-state index in [0.717, 1.165) is 25.5 Å². The highest BCUT2D eigenvalue weighted by molar-refractivity contribution is 5.70. The topological polar surface area (TPSA) is 59.1 Å². The van der Waals surface area contributed by atoms with Gasteiger partial charge in [-0.3, -0.25) is 0 Å². The molecule has 12 heteroatoms. The minimum atomic E-state index is -5.03. The number of carbonyl (C=O) groups excluding carboxylic acids is 2. The minimum absolute atomic E-state index is 0.0598. The Morgan fingerprint density at radius 1 is 0.884 bits per heavy atom. The molecule has 0 aromatic heterocycles. The molecule has 2 aromatic carbocycles. The first-order valence-corrected chi connectivity index (χ1v) is 14.1. The molecule has 0 bridgehead atoms. The van der Waals surface area contributed by atoms with Crippen LogP contribution in [-0.4, -0.2) is 52.8 Å². The van der Waals surface area contributed by atoms with Crippen molar-refractivity contribution in [2.45, 2.75) is 95.5 Å². The molecule has 1 heterocycles. The summed E-state index contributed by atoms with van der Waals surface area (Å²) in [6.07, 6.45) is -8.84. The summed E-state index contributed by atoms with van der Waals surface area (Å²) in [5.74, 6) is 0.124. The van der Waals surface area contributed by atoms with Crippen LogP contribution >= 0.6 is 0 Å². The molecule has 0 spiro atoms. The zero-order chi connectivity index (χ0) is 31.7.